The molecule has 176 valence electrons. The fraction of sp³-hybridized carbons (Fsp3) is 0.696. The van der Waals surface area contributed by atoms with Gasteiger partial charge in [0.1, 0.15) is 5.82 Å². The van der Waals surface area contributed by atoms with E-state index in [1.165, 1.54) is 0 Å². The molecule has 2 fully saturated rings. The fourth-order valence-corrected chi connectivity index (χ4v) is 4.05. The number of benzene rings is 1. The van der Waals surface area contributed by atoms with Crippen LogP contribution in [0.15, 0.2) is 29.3 Å². The summed E-state index contributed by atoms with van der Waals surface area (Å²) in [6.45, 7) is 6.80. The molecular weight excluding hydrogens is 510 g/mol. The van der Waals surface area contributed by atoms with Crippen molar-refractivity contribution in [2.75, 3.05) is 53.0 Å². The van der Waals surface area contributed by atoms with Crippen molar-refractivity contribution in [2.45, 2.75) is 44.8 Å². The zero-order valence-electron chi connectivity index (χ0n) is 18.7. The predicted molar refractivity (Wildman–Crippen MR) is 134 cm³/mol. The van der Waals surface area contributed by atoms with E-state index in [2.05, 4.69) is 20.5 Å². The van der Waals surface area contributed by atoms with Crippen LogP contribution in [0.2, 0.25) is 0 Å². The summed E-state index contributed by atoms with van der Waals surface area (Å²) < 4.78 is 25.1. The highest BCUT2D eigenvalue weighted by Crippen LogP contribution is 2.19. The number of ether oxygens (including phenoxy) is 2. The largest absolute Gasteiger partial charge is 0.379 e. The van der Waals surface area contributed by atoms with Gasteiger partial charge in [0.2, 0.25) is 0 Å². The van der Waals surface area contributed by atoms with Crippen molar-refractivity contribution in [3.8, 4) is 0 Å². The van der Waals surface area contributed by atoms with Gasteiger partial charge in [0.15, 0.2) is 5.96 Å². The Morgan fingerprint density at radius 3 is 2.74 bits per heavy atom. The van der Waals surface area contributed by atoms with Gasteiger partial charge in [0.25, 0.3) is 0 Å². The molecule has 2 heterocycles. The van der Waals surface area contributed by atoms with Crippen molar-refractivity contribution in [3.05, 3.63) is 35.6 Å². The number of guanidine groups is 1. The minimum Gasteiger partial charge on any atom is -0.379 e. The third-order valence-corrected chi connectivity index (χ3v) is 5.93. The molecule has 0 aromatic heterocycles. The van der Waals surface area contributed by atoms with Crippen LogP contribution in [-0.4, -0.2) is 70.0 Å². The lowest BCUT2D eigenvalue weighted by Gasteiger charge is -2.32. The monoisotopic (exact) mass is 548 g/mol. The molecule has 2 aliphatic rings. The molecule has 1 aromatic rings. The van der Waals surface area contributed by atoms with Crippen molar-refractivity contribution >= 4 is 29.9 Å². The minimum absolute atomic E-state index is 0. The molecule has 6 nitrogen and oxygen atoms in total. The van der Waals surface area contributed by atoms with E-state index in [9.17, 15) is 4.39 Å². The van der Waals surface area contributed by atoms with E-state index in [-0.39, 0.29) is 29.8 Å². The van der Waals surface area contributed by atoms with Gasteiger partial charge < -0.3 is 20.1 Å². The molecule has 1 unspecified atom stereocenters. The summed E-state index contributed by atoms with van der Waals surface area (Å²) in [5.74, 6) is 1.37. The summed E-state index contributed by atoms with van der Waals surface area (Å²) in [7, 11) is 1.81. The Bertz CT molecular complexity index is 650. The van der Waals surface area contributed by atoms with Crippen LogP contribution in [0.5, 0.6) is 0 Å². The van der Waals surface area contributed by atoms with Gasteiger partial charge in [0.05, 0.1) is 12.7 Å². The van der Waals surface area contributed by atoms with Crippen LogP contribution >= 0.6 is 24.0 Å². The second-order valence-corrected chi connectivity index (χ2v) is 8.25. The first-order valence-corrected chi connectivity index (χ1v) is 11.3. The molecule has 3 rings (SSSR count). The second-order valence-electron chi connectivity index (χ2n) is 8.25. The first-order valence-electron chi connectivity index (χ1n) is 11.3. The smallest absolute Gasteiger partial charge is 0.190 e. The summed E-state index contributed by atoms with van der Waals surface area (Å²) in [5, 5.41) is 6.81. The number of likely N-dealkylation sites (tertiary alicyclic amines) is 1. The molecule has 0 spiro atoms. The highest BCUT2D eigenvalue weighted by molar-refractivity contribution is 14.0. The van der Waals surface area contributed by atoms with Crippen LogP contribution in [0, 0.1) is 11.7 Å². The molecule has 0 bridgehead atoms. The van der Waals surface area contributed by atoms with E-state index in [0.717, 1.165) is 83.0 Å². The second kappa shape index (κ2) is 15.0. The molecule has 0 saturated carbocycles. The normalized spacial score (nSPS) is 20.5. The highest BCUT2D eigenvalue weighted by atomic mass is 127. The molecular formula is C23H38FIN4O2. The molecule has 8 heteroatoms. The van der Waals surface area contributed by atoms with Gasteiger partial charge >= 0.3 is 0 Å². The van der Waals surface area contributed by atoms with Crippen molar-refractivity contribution in [2.24, 2.45) is 10.9 Å². The average Bonchev–Trinajstić information content (AvgIpc) is 3.29. The maximum Gasteiger partial charge on any atom is 0.190 e. The van der Waals surface area contributed by atoms with Gasteiger partial charge in [-0.2, -0.15) is 0 Å². The molecule has 31 heavy (non-hydrogen) atoms. The third-order valence-electron chi connectivity index (χ3n) is 5.93. The quantitative estimate of drug-likeness (QED) is 0.203. The van der Waals surface area contributed by atoms with Crippen LogP contribution in [0.1, 0.15) is 37.7 Å². The van der Waals surface area contributed by atoms with Crippen LogP contribution in [0.4, 0.5) is 4.39 Å². The van der Waals surface area contributed by atoms with Crippen LogP contribution < -0.4 is 10.6 Å². The standard InChI is InChI=1S/C23H37FN4O2.HI/c1-25-23(26-11-5-14-29-18-21-7-4-15-30-21)27-16-19-9-12-28(13-10-19)17-20-6-2-3-8-22(20)24;/h2-3,6,8,19,21H,4-5,7,9-18H2,1H3,(H2,25,26,27);1H. The summed E-state index contributed by atoms with van der Waals surface area (Å²) >= 11 is 0. The van der Waals surface area contributed by atoms with Gasteiger partial charge in [-0.05, 0) is 57.2 Å². The van der Waals surface area contributed by atoms with E-state index in [4.69, 9.17) is 9.47 Å². The summed E-state index contributed by atoms with van der Waals surface area (Å²) in [6.07, 6.45) is 5.76. The maximum atomic E-state index is 13.8. The van der Waals surface area contributed by atoms with Crippen LogP contribution in [0.3, 0.4) is 0 Å². The Hall–Kier alpha value is -0.970. The molecule has 2 saturated heterocycles. The van der Waals surface area contributed by atoms with E-state index < -0.39 is 0 Å². The van der Waals surface area contributed by atoms with Gasteiger partial charge in [-0.3, -0.25) is 9.89 Å². The van der Waals surface area contributed by atoms with Gasteiger partial charge in [-0.25, -0.2) is 4.39 Å². The highest BCUT2D eigenvalue weighted by Gasteiger charge is 2.20. The molecule has 0 aliphatic carbocycles. The summed E-state index contributed by atoms with van der Waals surface area (Å²) in [5.41, 5.74) is 0.790. The van der Waals surface area contributed by atoms with Gasteiger partial charge in [0, 0.05) is 45.5 Å². The Labute approximate surface area is 203 Å². The lowest BCUT2D eigenvalue weighted by molar-refractivity contribution is 0.0168. The molecule has 0 amide bonds. The number of rotatable bonds is 10. The fourth-order valence-electron chi connectivity index (χ4n) is 4.05. The zero-order valence-corrected chi connectivity index (χ0v) is 21.0. The minimum atomic E-state index is -0.103. The van der Waals surface area contributed by atoms with Crippen LogP contribution in [-0.2, 0) is 16.0 Å². The topological polar surface area (TPSA) is 58.1 Å². The first kappa shape index (κ1) is 26.3. The van der Waals surface area contributed by atoms with E-state index in [1.54, 1.807) is 19.2 Å². The molecule has 2 N–H and O–H groups in total. The van der Waals surface area contributed by atoms with Gasteiger partial charge in [-0.15, -0.1) is 24.0 Å². The predicted octanol–water partition coefficient (Wildman–Crippen LogP) is 3.41. The third kappa shape index (κ3) is 9.59. The van der Waals surface area contributed by atoms with Crippen molar-refractivity contribution in [1.29, 1.82) is 0 Å². The number of aliphatic imine (C=N–C) groups is 1. The number of hydrogen-bond donors (Lipinski definition) is 2. The number of nitrogens with one attached hydrogen (secondary N) is 2. The summed E-state index contributed by atoms with van der Waals surface area (Å²) in [6, 6.07) is 7.08. The SMILES string of the molecule is CN=C(NCCCOCC1CCCO1)NCC1CCN(Cc2ccccc2F)CC1.I. The number of piperidine rings is 1. The molecule has 2 aliphatic heterocycles. The van der Waals surface area contributed by atoms with Crippen LogP contribution in [0.25, 0.3) is 0 Å². The summed E-state index contributed by atoms with van der Waals surface area (Å²) in [4.78, 5) is 6.66. The Morgan fingerprint density at radius 2 is 2.03 bits per heavy atom. The maximum absolute atomic E-state index is 13.8. The first-order chi connectivity index (χ1) is 14.7. The van der Waals surface area contributed by atoms with Crippen molar-refractivity contribution in [3.63, 3.8) is 0 Å². The Morgan fingerprint density at radius 1 is 1.23 bits per heavy atom. The van der Waals surface area contributed by atoms with Gasteiger partial charge in [-0.1, -0.05) is 18.2 Å². The van der Waals surface area contributed by atoms with E-state index in [0.29, 0.717) is 25.2 Å². The van der Waals surface area contributed by atoms with Crippen molar-refractivity contribution < 1.29 is 13.9 Å². The lowest BCUT2D eigenvalue weighted by Crippen LogP contribution is -2.43. The van der Waals surface area contributed by atoms with Crippen molar-refractivity contribution in [1.82, 2.24) is 15.5 Å². The zero-order chi connectivity index (χ0) is 21.0. The number of nitrogens with zero attached hydrogens (tertiary/aromatic N) is 2. The molecule has 0 radical (unpaired) electrons. The Balaban J connectivity index is 0.00000341. The number of hydrogen-bond acceptors (Lipinski definition) is 4. The van der Waals surface area contributed by atoms with E-state index >= 15 is 0 Å². The Kier molecular flexibility index (Phi) is 12.7. The lowest BCUT2D eigenvalue weighted by atomic mass is 9.96. The number of halogens is 2. The van der Waals surface area contributed by atoms with E-state index in [1.807, 2.05) is 12.1 Å². The average molecular weight is 548 g/mol. The molecule has 1 aromatic carbocycles. The molecule has 1 atom stereocenters.